The molecule has 2 N–H and O–H groups in total. The Morgan fingerprint density at radius 2 is 1.66 bits per heavy atom. The monoisotopic (exact) mass is 934 g/mol. The molecule has 0 bridgehead atoms. The lowest BCUT2D eigenvalue weighted by atomic mass is 9.55. The number of methoxy groups -OCH3 is 1. The summed E-state index contributed by atoms with van der Waals surface area (Å²) < 4.78 is 38.3. The fourth-order valence-electron chi connectivity index (χ4n) is 11.3. The summed E-state index contributed by atoms with van der Waals surface area (Å²) >= 11 is 0. The Balaban J connectivity index is 1.33. The van der Waals surface area contributed by atoms with Crippen molar-refractivity contribution in [3.8, 4) is 34.5 Å². The summed E-state index contributed by atoms with van der Waals surface area (Å²) in [6.07, 6.45) is 15.4. The topological polar surface area (TPSA) is 155 Å². The number of fused-ring (bicyclic) bond motifs is 3. The van der Waals surface area contributed by atoms with E-state index in [1.54, 1.807) is 24.3 Å². The third-order valence-electron chi connectivity index (χ3n) is 14.4. The minimum absolute atomic E-state index is 0.00530. The van der Waals surface area contributed by atoms with E-state index >= 15 is 4.79 Å². The zero-order valence-electron chi connectivity index (χ0n) is 40.3. The van der Waals surface area contributed by atoms with Crippen LogP contribution >= 0.6 is 0 Å². The summed E-state index contributed by atoms with van der Waals surface area (Å²) in [4.78, 5) is 35.7. The first kappa shape index (κ1) is 49.1. The number of allylic oxidation sites excluding steroid dienone is 1. The van der Waals surface area contributed by atoms with E-state index in [1.165, 1.54) is 20.0 Å². The highest BCUT2D eigenvalue weighted by atomic mass is 16.7. The summed E-state index contributed by atoms with van der Waals surface area (Å²) in [5, 5.41) is 25.1. The molecule has 366 valence electrons. The normalized spacial score (nSPS) is 24.4. The van der Waals surface area contributed by atoms with Crippen LogP contribution in [-0.2, 0) is 20.9 Å². The lowest BCUT2D eigenvalue weighted by Gasteiger charge is -2.60. The van der Waals surface area contributed by atoms with Gasteiger partial charge in [0.05, 0.1) is 30.9 Å². The van der Waals surface area contributed by atoms with Crippen molar-refractivity contribution in [1.29, 1.82) is 0 Å². The third kappa shape index (κ3) is 10.7. The summed E-state index contributed by atoms with van der Waals surface area (Å²) in [7, 11) is 1.52. The molecular formula is C55H70N2O11. The Hall–Kier alpha value is -5.37. The van der Waals surface area contributed by atoms with Gasteiger partial charge in [0.2, 0.25) is 18.5 Å². The van der Waals surface area contributed by atoms with Crippen molar-refractivity contribution < 1.29 is 53.1 Å². The lowest BCUT2D eigenvalue weighted by Crippen LogP contribution is -2.70. The highest BCUT2D eigenvalue weighted by Gasteiger charge is 2.65. The van der Waals surface area contributed by atoms with Gasteiger partial charge in [-0.2, -0.15) is 0 Å². The Labute approximate surface area is 401 Å². The molecule has 2 saturated carbocycles. The number of carbonyl (C=O) groups excluding carboxylic acids is 2. The number of aldehydes is 1. The van der Waals surface area contributed by atoms with Crippen LogP contribution in [0.25, 0.3) is 0 Å². The number of benzene rings is 3. The number of nitrogens with zero attached hydrogens (tertiary/aromatic N) is 2. The summed E-state index contributed by atoms with van der Waals surface area (Å²) in [6, 6.07) is 16.1. The van der Waals surface area contributed by atoms with Crippen molar-refractivity contribution in [1.82, 2.24) is 4.90 Å². The predicted molar refractivity (Wildman–Crippen MR) is 259 cm³/mol. The molecule has 3 aliphatic carbocycles. The van der Waals surface area contributed by atoms with Crippen molar-refractivity contribution >= 4 is 17.9 Å². The van der Waals surface area contributed by atoms with Crippen LogP contribution in [0.4, 0.5) is 0 Å². The molecule has 3 aromatic carbocycles. The van der Waals surface area contributed by atoms with Crippen LogP contribution < -0.4 is 23.7 Å². The maximum Gasteiger partial charge on any atom is 0.239 e. The second-order valence-corrected chi connectivity index (χ2v) is 20.0. The molecule has 8 rings (SSSR count). The molecule has 2 aliphatic heterocycles. The van der Waals surface area contributed by atoms with Gasteiger partial charge in [0, 0.05) is 44.1 Å². The van der Waals surface area contributed by atoms with E-state index in [2.05, 4.69) is 12.7 Å². The molecule has 0 aromatic heterocycles. The molecule has 2 fully saturated rings. The number of aliphatic hydroxyl groups is 2. The average Bonchev–Trinajstić information content (AvgIpc) is 4.05. The highest BCUT2D eigenvalue weighted by Crippen LogP contribution is 2.62. The number of oxime groups is 1. The van der Waals surface area contributed by atoms with Gasteiger partial charge in [0.25, 0.3) is 0 Å². The fourth-order valence-corrected chi connectivity index (χ4v) is 11.3. The van der Waals surface area contributed by atoms with Gasteiger partial charge in [0.1, 0.15) is 34.6 Å². The molecule has 0 saturated heterocycles. The van der Waals surface area contributed by atoms with Gasteiger partial charge in [-0.3, -0.25) is 9.59 Å². The third-order valence-corrected chi connectivity index (χ3v) is 14.4. The van der Waals surface area contributed by atoms with Gasteiger partial charge in [0.15, 0.2) is 17.8 Å². The first-order valence-corrected chi connectivity index (χ1v) is 24.7. The van der Waals surface area contributed by atoms with Crippen LogP contribution in [0.1, 0.15) is 132 Å². The van der Waals surface area contributed by atoms with Gasteiger partial charge < -0.3 is 48.4 Å². The van der Waals surface area contributed by atoms with Crippen molar-refractivity contribution in [2.45, 2.75) is 134 Å². The van der Waals surface area contributed by atoms with Gasteiger partial charge in [-0.05, 0) is 130 Å². The number of aliphatic hydroxyl groups excluding tert-OH is 2. The minimum atomic E-state index is -1.43. The van der Waals surface area contributed by atoms with Crippen molar-refractivity contribution in [2.75, 3.05) is 33.7 Å². The van der Waals surface area contributed by atoms with Crippen molar-refractivity contribution in [3.63, 3.8) is 0 Å². The predicted octanol–water partition coefficient (Wildman–Crippen LogP) is 10.5. The van der Waals surface area contributed by atoms with Crippen LogP contribution in [-0.4, -0.2) is 84.2 Å². The number of hydrogen-bond donors (Lipinski definition) is 2. The second-order valence-electron chi connectivity index (χ2n) is 20.0. The lowest BCUT2D eigenvalue weighted by molar-refractivity contribution is -0.258. The number of amides is 1. The summed E-state index contributed by atoms with van der Waals surface area (Å²) in [5.41, 5.74) is 3.25. The Bertz CT molecular complexity index is 2310. The Morgan fingerprint density at radius 3 is 2.40 bits per heavy atom. The maximum atomic E-state index is 15.3. The molecule has 13 nitrogen and oxygen atoms in total. The summed E-state index contributed by atoms with van der Waals surface area (Å²) in [5.74, 6) is 1.79. The number of rotatable bonds is 22. The van der Waals surface area contributed by atoms with Gasteiger partial charge in [-0.25, -0.2) is 0 Å². The quantitative estimate of drug-likeness (QED) is 0.0428. The molecule has 2 heterocycles. The smallest absolute Gasteiger partial charge is 0.239 e. The Morgan fingerprint density at radius 1 is 0.926 bits per heavy atom. The molecule has 6 atom stereocenters. The molecular weight excluding hydrogens is 865 g/mol. The number of unbranched alkanes of at least 4 members (excludes halogenated alkanes) is 2. The van der Waals surface area contributed by atoms with E-state index in [0.717, 1.165) is 73.6 Å². The van der Waals surface area contributed by atoms with E-state index in [4.69, 9.17) is 38.4 Å². The zero-order valence-corrected chi connectivity index (χ0v) is 40.3. The Kier molecular flexibility index (Phi) is 15.8. The second kappa shape index (κ2) is 21.9. The first-order chi connectivity index (χ1) is 33.0. The molecule has 68 heavy (non-hydrogen) atoms. The molecule has 5 aliphatic rings. The molecule has 1 amide bonds. The largest absolute Gasteiger partial charge is 0.496 e. The van der Waals surface area contributed by atoms with Crippen molar-refractivity contribution in [2.24, 2.45) is 28.8 Å². The van der Waals surface area contributed by atoms with Crippen molar-refractivity contribution in [3.05, 3.63) is 95.6 Å². The minimum Gasteiger partial charge on any atom is -0.496 e. The van der Waals surface area contributed by atoms with Crippen LogP contribution in [0.2, 0.25) is 0 Å². The van der Waals surface area contributed by atoms with E-state index in [9.17, 15) is 15.0 Å². The number of hydrogen-bond acceptors (Lipinski definition) is 12. The molecule has 13 heteroatoms. The molecule has 0 spiro atoms. The molecule has 3 aromatic rings. The first-order valence-electron chi connectivity index (χ1n) is 24.7. The van der Waals surface area contributed by atoms with Crippen LogP contribution in [0.3, 0.4) is 0 Å². The van der Waals surface area contributed by atoms with E-state index in [0.29, 0.717) is 65.2 Å². The van der Waals surface area contributed by atoms with Crippen LogP contribution in [0.15, 0.2) is 84.1 Å². The standard InChI is InChI=1S/C55H70N2O11/c1-6-27-65-55-50(57(51(61)24-18-36-13-7-8-14-36)33-37-17-21-48-49(28-37)64-35-63-48)32-45(56-68-54(2,3)4)43-30-38(15-9-11-25-58)42(16-10-12-26-59)52(53(43)55)44-31-41(20-23-47(44)67-55)66-40-19-22-46(62-5)39(29-40)34-60/h6,17,19-23,28-31,34,36,38,42,50,52-53,58-59H,1,7-16,18,24-27,32-33,35H2,2-5H3/t38-,42+,50-,52+,53+,55+/m0/s1. The number of ether oxygens (including phenoxy) is 6. The molecule has 0 radical (unpaired) electrons. The SMILES string of the molecule is C=CCO[C@@]12Oc3ccc(Oc4ccc(OC)c(C=O)c4)cc3[C@H]3[C@H](CCCCO)[C@@H](CCCCO)C=C(C(=NOC(C)(C)C)C[C@@H]1N(Cc1ccc4c(c1)OCO4)C(=O)CCC1CCCC1)[C@H]32. The molecule has 0 unspecified atom stereocenters. The average molecular weight is 935 g/mol. The number of carbonyl (C=O) groups is 2. The van der Waals surface area contributed by atoms with Gasteiger partial charge in [-0.15, -0.1) is 6.58 Å². The van der Waals surface area contributed by atoms with E-state index in [1.807, 2.05) is 62.1 Å². The fraction of sp³-hybridized carbons (Fsp3) is 0.545. The van der Waals surface area contributed by atoms with Crippen LogP contribution in [0.5, 0.6) is 34.5 Å². The van der Waals surface area contributed by atoms with E-state index in [-0.39, 0.29) is 63.2 Å². The van der Waals surface area contributed by atoms with Gasteiger partial charge >= 0.3 is 0 Å². The summed E-state index contributed by atoms with van der Waals surface area (Å²) in [6.45, 7) is 10.7. The maximum absolute atomic E-state index is 15.3. The van der Waals surface area contributed by atoms with Gasteiger partial charge in [-0.1, -0.05) is 61.9 Å². The van der Waals surface area contributed by atoms with Crippen LogP contribution in [0, 0.1) is 23.7 Å². The zero-order chi connectivity index (χ0) is 47.8. The van der Waals surface area contributed by atoms with E-state index < -0.39 is 23.3 Å². The highest BCUT2D eigenvalue weighted by molar-refractivity contribution is 6.03.